The minimum Gasteiger partial charge on any atom is -0.387 e. The van der Waals surface area contributed by atoms with Crippen molar-refractivity contribution in [2.75, 3.05) is 6.61 Å². The summed E-state index contributed by atoms with van der Waals surface area (Å²) < 4.78 is 64.1. The highest BCUT2D eigenvalue weighted by Crippen LogP contribution is 2.66. The van der Waals surface area contributed by atoms with E-state index in [4.69, 9.17) is 31.6 Å². The predicted octanol–water partition coefficient (Wildman–Crippen LogP) is 0.936. The van der Waals surface area contributed by atoms with Gasteiger partial charge in [-0.3, -0.25) is 4.52 Å². The number of aromatic nitrogens is 2. The van der Waals surface area contributed by atoms with E-state index in [9.17, 15) is 33.2 Å². The van der Waals surface area contributed by atoms with Crippen LogP contribution in [0, 0.1) is 10.6 Å². The summed E-state index contributed by atoms with van der Waals surface area (Å²) >= 11 is 5.15. The van der Waals surface area contributed by atoms with Gasteiger partial charge in [0.2, 0.25) is 5.95 Å². The number of aromatic amines is 1. The van der Waals surface area contributed by atoms with Crippen molar-refractivity contribution in [2.24, 2.45) is 0 Å². The summed E-state index contributed by atoms with van der Waals surface area (Å²) in [6.45, 7) is -0.977. The third kappa shape index (κ3) is 6.78. The minimum absolute atomic E-state index is 0.00890. The number of phosphoric ester groups is 1. The SMILES string of the molecule is O=P(O)(O)OP(=O)(O)OP(=O)(O)OC[C@H]1O[C@@H](c2cc3ccc(F)nc3[nH]c2=S)C(O)[C@H]1O. The Balaban J connectivity index is 1.73. The lowest BCUT2D eigenvalue weighted by Gasteiger charge is -2.19. The average Bonchev–Trinajstić information content (AvgIpc) is 2.91. The summed E-state index contributed by atoms with van der Waals surface area (Å²) in [5.41, 5.74) is 0.277. The predicted molar refractivity (Wildman–Crippen MR) is 106 cm³/mol. The molecule has 0 radical (unpaired) electrons. The molecule has 0 spiro atoms. The van der Waals surface area contributed by atoms with Crippen molar-refractivity contribution in [1.82, 2.24) is 9.97 Å². The van der Waals surface area contributed by atoms with E-state index in [0.717, 1.165) is 6.07 Å². The molecule has 3 unspecified atom stereocenters. The smallest absolute Gasteiger partial charge is 0.387 e. The van der Waals surface area contributed by atoms with E-state index in [1.165, 1.54) is 12.1 Å². The second kappa shape index (κ2) is 9.57. The van der Waals surface area contributed by atoms with Crippen molar-refractivity contribution in [3.8, 4) is 0 Å². The van der Waals surface area contributed by atoms with Crippen LogP contribution in [0.2, 0.25) is 0 Å². The molecule has 0 amide bonds. The first-order valence-corrected chi connectivity index (χ1v) is 13.5. The number of hydrogen-bond acceptors (Lipinski definition) is 11. The standard InChI is InChI=1S/C13H16FN2O13P3S/c14-8-2-1-5-3-6(13(33)16-12(5)15-8)11-10(18)9(17)7(27-11)4-26-31(22,23)29-32(24,25)28-30(19,20)21/h1-3,7,9-11,17-18H,4H2,(H,22,23)(H,24,25)(H,15,16,33)(H2,19,20,21)/t7-,9+,10?,11+/m1/s1. The molecule has 1 saturated heterocycles. The Bertz CT molecular complexity index is 1250. The van der Waals surface area contributed by atoms with Gasteiger partial charge in [0, 0.05) is 10.9 Å². The van der Waals surface area contributed by atoms with Crippen LogP contribution in [0.3, 0.4) is 0 Å². The first-order valence-electron chi connectivity index (χ1n) is 8.56. The maximum absolute atomic E-state index is 13.3. The van der Waals surface area contributed by atoms with E-state index in [1.54, 1.807) is 0 Å². The molecule has 0 aliphatic carbocycles. The van der Waals surface area contributed by atoms with Gasteiger partial charge in [0.1, 0.15) is 34.7 Å². The first kappa shape index (κ1) is 26.6. The van der Waals surface area contributed by atoms with E-state index in [-0.39, 0.29) is 15.9 Å². The summed E-state index contributed by atoms with van der Waals surface area (Å²) in [7, 11) is -16.7. The van der Waals surface area contributed by atoms with Gasteiger partial charge in [0.25, 0.3) is 0 Å². The molecular weight excluding hydrogens is 536 g/mol. The fourth-order valence-corrected chi connectivity index (χ4v) is 6.20. The molecule has 0 saturated carbocycles. The van der Waals surface area contributed by atoms with E-state index >= 15 is 0 Å². The van der Waals surface area contributed by atoms with Gasteiger partial charge in [-0.25, -0.2) is 18.7 Å². The molecule has 2 aromatic rings. The molecule has 1 aliphatic rings. The fraction of sp³-hybridized carbons (Fsp3) is 0.385. The topological polar surface area (TPSA) is 238 Å². The van der Waals surface area contributed by atoms with Crippen molar-refractivity contribution in [2.45, 2.75) is 24.4 Å². The number of ether oxygens (including phenoxy) is 1. The number of aliphatic hydroxyl groups is 2. The van der Waals surface area contributed by atoms with Gasteiger partial charge in [-0.2, -0.15) is 13.0 Å². The lowest BCUT2D eigenvalue weighted by molar-refractivity contribution is -0.0224. The largest absolute Gasteiger partial charge is 0.490 e. The van der Waals surface area contributed by atoms with Crippen LogP contribution < -0.4 is 0 Å². The lowest BCUT2D eigenvalue weighted by atomic mass is 10.0. The molecule has 3 rings (SSSR count). The van der Waals surface area contributed by atoms with E-state index in [2.05, 4.69) is 23.1 Å². The van der Waals surface area contributed by atoms with Crippen molar-refractivity contribution in [3.05, 3.63) is 34.4 Å². The monoisotopic (exact) mass is 552 g/mol. The first-order chi connectivity index (χ1) is 15.1. The number of hydrogen-bond donors (Lipinski definition) is 7. The van der Waals surface area contributed by atoms with Crippen molar-refractivity contribution in [3.63, 3.8) is 0 Å². The Kier molecular flexibility index (Phi) is 7.71. The summed E-state index contributed by atoms with van der Waals surface area (Å²) in [6, 6.07) is 3.87. The maximum Gasteiger partial charge on any atom is 0.490 e. The Morgan fingerprint density at radius 3 is 2.39 bits per heavy atom. The molecule has 7 N–H and O–H groups in total. The number of phosphoric acid groups is 3. The zero-order valence-electron chi connectivity index (χ0n) is 15.9. The minimum atomic E-state index is -5.72. The summed E-state index contributed by atoms with van der Waals surface area (Å²) in [5, 5.41) is 20.9. The molecule has 20 heteroatoms. The van der Waals surface area contributed by atoms with Crippen LogP contribution in [0.1, 0.15) is 11.7 Å². The van der Waals surface area contributed by atoms with Crippen LogP contribution in [0.5, 0.6) is 0 Å². The Labute approximate surface area is 188 Å². The van der Waals surface area contributed by atoms with Gasteiger partial charge in [-0.05, 0) is 18.2 Å². The van der Waals surface area contributed by atoms with Gasteiger partial charge in [0.15, 0.2) is 0 Å². The van der Waals surface area contributed by atoms with Crippen LogP contribution >= 0.6 is 35.7 Å². The van der Waals surface area contributed by atoms with Gasteiger partial charge in [-0.15, -0.1) is 0 Å². The van der Waals surface area contributed by atoms with Crippen molar-refractivity contribution in [1.29, 1.82) is 0 Å². The molecule has 33 heavy (non-hydrogen) atoms. The van der Waals surface area contributed by atoms with Gasteiger partial charge in [-0.1, -0.05) is 12.2 Å². The molecule has 0 aromatic carbocycles. The lowest BCUT2D eigenvalue weighted by Crippen LogP contribution is -2.33. The highest BCUT2D eigenvalue weighted by Gasteiger charge is 2.46. The average molecular weight is 552 g/mol. The third-order valence-corrected chi connectivity index (χ3v) is 8.32. The van der Waals surface area contributed by atoms with Gasteiger partial charge >= 0.3 is 23.5 Å². The number of nitrogens with zero attached hydrogens (tertiary/aromatic N) is 1. The number of halogens is 1. The third-order valence-electron chi connectivity index (χ3n) is 4.18. The number of H-pyrrole nitrogens is 1. The number of nitrogens with one attached hydrogen (secondary N) is 1. The van der Waals surface area contributed by atoms with Crippen LogP contribution in [0.15, 0.2) is 18.2 Å². The maximum atomic E-state index is 13.3. The quantitative estimate of drug-likeness (QED) is 0.137. The Hall–Kier alpha value is -1.00. The van der Waals surface area contributed by atoms with Gasteiger partial charge in [0.05, 0.1) is 6.61 Å². The number of fused-ring (bicyclic) bond motifs is 1. The highest BCUT2D eigenvalue weighted by molar-refractivity contribution is 7.71. The van der Waals surface area contributed by atoms with Crippen molar-refractivity contribution >= 4 is 46.7 Å². The van der Waals surface area contributed by atoms with E-state index < -0.39 is 60.4 Å². The summed E-state index contributed by atoms with van der Waals surface area (Å²) in [4.78, 5) is 41.9. The molecule has 15 nitrogen and oxygen atoms in total. The molecule has 1 fully saturated rings. The molecule has 184 valence electrons. The number of aliphatic hydroxyl groups excluding tert-OH is 2. The number of pyridine rings is 2. The molecular formula is C13H16FN2O13P3S. The number of rotatable bonds is 8. The molecule has 6 atom stereocenters. The zero-order valence-corrected chi connectivity index (χ0v) is 19.4. The zero-order chi connectivity index (χ0) is 24.8. The molecule has 0 bridgehead atoms. The highest BCUT2D eigenvalue weighted by atomic mass is 32.1. The van der Waals surface area contributed by atoms with Crippen LogP contribution in [-0.2, 0) is 31.6 Å². The second-order valence-corrected chi connectivity index (χ2v) is 11.4. The van der Waals surface area contributed by atoms with Crippen LogP contribution in [0.25, 0.3) is 11.0 Å². The Morgan fingerprint density at radius 1 is 1.09 bits per heavy atom. The molecule has 2 aromatic heterocycles. The fourth-order valence-electron chi connectivity index (χ4n) is 2.90. The van der Waals surface area contributed by atoms with Crippen LogP contribution in [-0.4, -0.2) is 64.7 Å². The van der Waals surface area contributed by atoms with Crippen molar-refractivity contribution < 1.29 is 65.8 Å². The Morgan fingerprint density at radius 2 is 1.76 bits per heavy atom. The molecule has 3 heterocycles. The molecule has 1 aliphatic heterocycles. The van der Waals surface area contributed by atoms with E-state index in [0.29, 0.717) is 5.39 Å². The normalized spacial score (nSPS) is 27.4. The van der Waals surface area contributed by atoms with E-state index in [1.807, 2.05) is 0 Å². The van der Waals surface area contributed by atoms with Crippen LogP contribution in [0.4, 0.5) is 4.39 Å². The summed E-state index contributed by atoms with van der Waals surface area (Å²) in [5.74, 6) is -0.764. The van der Waals surface area contributed by atoms with Gasteiger partial charge < -0.3 is 39.5 Å². The second-order valence-electron chi connectivity index (χ2n) is 6.59. The summed E-state index contributed by atoms with van der Waals surface area (Å²) in [6.07, 6.45) is -6.06.